The molecule has 3 rings (SSSR count). The minimum atomic E-state index is -0.514. The van der Waals surface area contributed by atoms with Gasteiger partial charge < -0.3 is 14.8 Å². The summed E-state index contributed by atoms with van der Waals surface area (Å²) in [7, 11) is 0. The van der Waals surface area contributed by atoms with Crippen molar-refractivity contribution in [2.24, 2.45) is 0 Å². The van der Waals surface area contributed by atoms with E-state index in [1.165, 1.54) is 0 Å². The van der Waals surface area contributed by atoms with Crippen molar-refractivity contribution in [3.8, 4) is 5.75 Å². The van der Waals surface area contributed by atoms with Crippen LogP contribution in [0, 0.1) is 0 Å². The number of carbonyl (C=O) groups excluding carboxylic acids is 1. The van der Waals surface area contributed by atoms with Crippen LogP contribution in [0.1, 0.15) is 18.9 Å². The third-order valence-corrected chi connectivity index (χ3v) is 4.32. The zero-order valence-corrected chi connectivity index (χ0v) is 15.6. The number of fused-ring (bicyclic) bond motifs is 1. The van der Waals surface area contributed by atoms with Crippen molar-refractivity contribution in [1.82, 2.24) is 5.32 Å². The number of hydrogen-bond donors (Lipinski definition) is 1. The molecule has 1 amide bonds. The Labute approximate surface area is 160 Å². The monoisotopic (exact) mass is 363 g/mol. The molecule has 1 N–H and O–H groups in total. The fraction of sp³-hybridized carbons (Fsp3) is 0.261. The van der Waals surface area contributed by atoms with Gasteiger partial charge in [-0.25, -0.2) is 0 Å². The van der Waals surface area contributed by atoms with Crippen LogP contribution in [0.4, 0.5) is 0 Å². The summed E-state index contributed by atoms with van der Waals surface area (Å²) in [5.41, 5.74) is 1.12. The Bertz CT molecular complexity index is 864. The minimum Gasteiger partial charge on any atom is -0.481 e. The molecule has 0 spiro atoms. The van der Waals surface area contributed by atoms with Gasteiger partial charge in [0.15, 0.2) is 6.10 Å². The van der Waals surface area contributed by atoms with Crippen molar-refractivity contribution in [2.75, 3.05) is 13.2 Å². The number of nitrogens with one attached hydrogen (secondary N) is 1. The molecular formula is C23H25NO3. The lowest BCUT2D eigenvalue weighted by Gasteiger charge is -2.17. The van der Waals surface area contributed by atoms with E-state index >= 15 is 0 Å². The van der Waals surface area contributed by atoms with Crippen LogP contribution in [0.3, 0.4) is 0 Å². The smallest absolute Gasteiger partial charge is 0.261 e. The van der Waals surface area contributed by atoms with Crippen LogP contribution >= 0.6 is 0 Å². The summed E-state index contributed by atoms with van der Waals surface area (Å²) in [6.07, 6.45) is 0.0871. The van der Waals surface area contributed by atoms with Gasteiger partial charge in [-0.2, -0.15) is 0 Å². The molecule has 0 saturated heterocycles. The summed E-state index contributed by atoms with van der Waals surface area (Å²) in [6.45, 7) is 3.41. The maximum absolute atomic E-state index is 12.4. The van der Waals surface area contributed by atoms with Crippen molar-refractivity contribution in [3.05, 3.63) is 78.4 Å². The highest BCUT2D eigenvalue weighted by Gasteiger charge is 2.18. The van der Waals surface area contributed by atoms with Crippen LogP contribution in [0.15, 0.2) is 72.8 Å². The molecule has 0 heterocycles. The minimum absolute atomic E-state index is 0.117. The number of benzene rings is 3. The van der Waals surface area contributed by atoms with Crippen molar-refractivity contribution >= 4 is 16.7 Å². The largest absolute Gasteiger partial charge is 0.481 e. The van der Waals surface area contributed by atoms with E-state index in [0.29, 0.717) is 31.9 Å². The third kappa shape index (κ3) is 5.56. The number of rotatable bonds is 9. The Kier molecular flexibility index (Phi) is 6.83. The van der Waals surface area contributed by atoms with Gasteiger partial charge in [-0.3, -0.25) is 4.79 Å². The molecule has 27 heavy (non-hydrogen) atoms. The molecule has 0 radical (unpaired) electrons. The lowest BCUT2D eigenvalue weighted by atomic mass is 10.1. The summed E-state index contributed by atoms with van der Waals surface area (Å²) in [6, 6.07) is 23.9. The van der Waals surface area contributed by atoms with Gasteiger partial charge in [-0.1, -0.05) is 67.6 Å². The highest BCUT2D eigenvalue weighted by molar-refractivity contribution is 5.84. The first-order chi connectivity index (χ1) is 13.3. The van der Waals surface area contributed by atoms with Gasteiger partial charge in [0.1, 0.15) is 5.75 Å². The van der Waals surface area contributed by atoms with E-state index in [1.54, 1.807) is 0 Å². The first kappa shape index (κ1) is 18.9. The van der Waals surface area contributed by atoms with Gasteiger partial charge in [0.05, 0.1) is 13.2 Å². The van der Waals surface area contributed by atoms with Crippen molar-refractivity contribution < 1.29 is 14.3 Å². The SMILES string of the molecule is CC[C@@H](Oc1ccc2ccccc2c1)C(=O)NCCOCc1ccccc1. The standard InChI is InChI=1S/C23H25NO3/c1-2-22(27-21-13-12-19-10-6-7-11-20(19)16-21)23(25)24-14-15-26-17-18-8-4-3-5-9-18/h3-13,16,22H,2,14-15,17H2,1H3,(H,24,25)/t22-/m1/s1. The molecule has 0 fully saturated rings. The summed E-state index contributed by atoms with van der Waals surface area (Å²) < 4.78 is 11.5. The number of carbonyl (C=O) groups is 1. The van der Waals surface area contributed by atoms with Crippen molar-refractivity contribution in [2.45, 2.75) is 26.1 Å². The van der Waals surface area contributed by atoms with Crippen molar-refractivity contribution in [3.63, 3.8) is 0 Å². The molecule has 4 heteroatoms. The second-order valence-corrected chi connectivity index (χ2v) is 6.35. The fourth-order valence-electron chi connectivity index (χ4n) is 2.85. The fourth-order valence-corrected chi connectivity index (χ4v) is 2.85. The number of amides is 1. The third-order valence-electron chi connectivity index (χ3n) is 4.32. The molecule has 0 aliphatic carbocycles. The van der Waals surface area contributed by atoms with E-state index in [0.717, 1.165) is 16.3 Å². The average Bonchev–Trinajstić information content (AvgIpc) is 2.72. The lowest BCUT2D eigenvalue weighted by molar-refractivity contribution is -0.128. The molecule has 0 saturated carbocycles. The Morgan fingerprint density at radius 1 is 0.963 bits per heavy atom. The first-order valence-corrected chi connectivity index (χ1v) is 9.31. The summed E-state index contributed by atoms with van der Waals surface area (Å²) in [5.74, 6) is 0.588. The lowest BCUT2D eigenvalue weighted by Crippen LogP contribution is -2.39. The maximum atomic E-state index is 12.4. The summed E-state index contributed by atoms with van der Waals surface area (Å²) in [5, 5.41) is 5.14. The molecule has 0 aliphatic rings. The highest BCUT2D eigenvalue weighted by Crippen LogP contribution is 2.22. The predicted octanol–water partition coefficient (Wildman–Crippen LogP) is 4.33. The van der Waals surface area contributed by atoms with E-state index in [1.807, 2.05) is 73.7 Å². The van der Waals surface area contributed by atoms with Gasteiger partial charge in [0, 0.05) is 6.54 Å². The van der Waals surface area contributed by atoms with Crippen LogP contribution < -0.4 is 10.1 Å². The summed E-state index contributed by atoms with van der Waals surface area (Å²) in [4.78, 5) is 12.4. The van der Waals surface area contributed by atoms with Gasteiger partial charge in [-0.15, -0.1) is 0 Å². The van der Waals surface area contributed by atoms with Crippen LogP contribution in [-0.2, 0) is 16.1 Å². The van der Waals surface area contributed by atoms with E-state index in [4.69, 9.17) is 9.47 Å². The van der Waals surface area contributed by atoms with E-state index in [2.05, 4.69) is 11.4 Å². The molecule has 140 valence electrons. The van der Waals surface area contributed by atoms with Gasteiger partial charge in [0.2, 0.25) is 0 Å². The highest BCUT2D eigenvalue weighted by atomic mass is 16.5. The second kappa shape index (κ2) is 9.74. The van der Waals surface area contributed by atoms with E-state index < -0.39 is 6.10 Å². The molecule has 0 unspecified atom stereocenters. The first-order valence-electron chi connectivity index (χ1n) is 9.31. The molecule has 0 aliphatic heterocycles. The molecular weight excluding hydrogens is 338 g/mol. The van der Waals surface area contributed by atoms with Gasteiger partial charge in [-0.05, 0) is 34.9 Å². The number of ether oxygens (including phenoxy) is 2. The Balaban J connectivity index is 1.45. The summed E-state index contributed by atoms with van der Waals surface area (Å²) >= 11 is 0. The van der Waals surface area contributed by atoms with Gasteiger partial charge >= 0.3 is 0 Å². The molecule has 3 aromatic carbocycles. The topological polar surface area (TPSA) is 47.6 Å². The Morgan fingerprint density at radius 3 is 2.48 bits per heavy atom. The Morgan fingerprint density at radius 2 is 1.70 bits per heavy atom. The van der Waals surface area contributed by atoms with Crippen molar-refractivity contribution in [1.29, 1.82) is 0 Å². The van der Waals surface area contributed by atoms with Crippen LogP contribution in [0.5, 0.6) is 5.75 Å². The maximum Gasteiger partial charge on any atom is 0.261 e. The zero-order valence-electron chi connectivity index (χ0n) is 15.6. The van der Waals surface area contributed by atoms with E-state index in [-0.39, 0.29) is 5.91 Å². The zero-order chi connectivity index (χ0) is 18.9. The normalized spacial score (nSPS) is 11.9. The van der Waals surface area contributed by atoms with Crippen LogP contribution in [0.25, 0.3) is 10.8 Å². The molecule has 4 nitrogen and oxygen atoms in total. The van der Waals surface area contributed by atoms with Crippen LogP contribution in [-0.4, -0.2) is 25.2 Å². The van der Waals surface area contributed by atoms with Gasteiger partial charge in [0.25, 0.3) is 5.91 Å². The van der Waals surface area contributed by atoms with Crippen LogP contribution in [0.2, 0.25) is 0 Å². The predicted molar refractivity (Wildman–Crippen MR) is 108 cm³/mol. The second-order valence-electron chi connectivity index (χ2n) is 6.35. The molecule has 3 aromatic rings. The molecule has 1 atom stereocenters. The quantitative estimate of drug-likeness (QED) is 0.576. The van der Waals surface area contributed by atoms with E-state index in [9.17, 15) is 4.79 Å². The molecule has 0 aromatic heterocycles. The average molecular weight is 363 g/mol. The number of hydrogen-bond acceptors (Lipinski definition) is 3. The molecule has 0 bridgehead atoms. The Hall–Kier alpha value is -2.85.